The van der Waals surface area contributed by atoms with Gasteiger partial charge < -0.3 is 28.6 Å². The van der Waals surface area contributed by atoms with Gasteiger partial charge in [-0.15, -0.1) is 0 Å². The van der Waals surface area contributed by atoms with E-state index in [-0.39, 0.29) is 16.9 Å². The molecule has 0 bridgehead atoms. The molecular formula is C22H24NO6+. The Morgan fingerprint density at radius 3 is 2.45 bits per heavy atom. The predicted octanol–water partition coefficient (Wildman–Crippen LogP) is 2.02. The van der Waals surface area contributed by atoms with Crippen LogP contribution in [0.2, 0.25) is 0 Å². The molecule has 0 amide bonds. The van der Waals surface area contributed by atoms with Crippen LogP contribution in [-0.2, 0) is 11.3 Å². The molecule has 2 heterocycles. The molecule has 152 valence electrons. The second-order valence-electron chi connectivity index (χ2n) is 7.07. The van der Waals surface area contributed by atoms with Gasteiger partial charge in [-0.1, -0.05) is 0 Å². The quantitative estimate of drug-likeness (QED) is 0.684. The number of fused-ring (bicyclic) bond motifs is 1. The van der Waals surface area contributed by atoms with Crippen molar-refractivity contribution in [2.24, 2.45) is 0 Å². The Balaban J connectivity index is 1.72. The fourth-order valence-electron chi connectivity index (χ4n) is 3.53. The molecule has 0 spiro atoms. The summed E-state index contributed by atoms with van der Waals surface area (Å²) < 4.78 is 22.4. The number of hydrogen-bond acceptors (Lipinski definition) is 6. The van der Waals surface area contributed by atoms with Crippen LogP contribution in [0.1, 0.15) is 11.3 Å². The minimum absolute atomic E-state index is 0.128. The number of phenols is 1. The lowest BCUT2D eigenvalue weighted by atomic mass is 10.1. The smallest absolute Gasteiger partial charge is 0.235 e. The van der Waals surface area contributed by atoms with Gasteiger partial charge in [-0.25, -0.2) is 0 Å². The fraction of sp³-hybridized carbons (Fsp3) is 0.318. The third-order valence-electron chi connectivity index (χ3n) is 5.17. The van der Waals surface area contributed by atoms with Gasteiger partial charge in [0.2, 0.25) is 11.2 Å². The fourth-order valence-corrected chi connectivity index (χ4v) is 3.53. The van der Waals surface area contributed by atoms with E-state index in [1.54, 1.807) is 50.4 Å². The first-order chi connectivity index (χ1) is 14.1. The first-order valence-corrected chi connectivity index (χ1v) is 9.58. The number of phenolic OH excluding ortho intramolecular Hbond substituents is 1. The van der Waals surface area contributed by atoms with Crippen LogP contribution in [0.15, 0.2) is 45.6 Å². The van der Waals surface area contributed by atoms with E-state index in [4.69, 9.17) is 18.6 Å². The summed E-state index contributed by atoms with van der Waals surface area (Å²) in [5, 5.41) is 10.8. The number of quaternary nitrogens is 1. The highest BCUT2D eigenvalue weighted by Gasteiger charge is 2.22. The van der Waals surface area contributed by atoms with Crippen LogP contribution in [0, 0.1) is 6.92 Å². The molecule has 0 aliphatic carbocycles. The van der Waals surface area contributed by atoms with Crippen molar-refractivity contribution in [2.45, 2.75) is 13.5 Å². The predicted molar refractivity (Wildman–Crippen MR) is 107 cm³/mol. The van der Waals surface area contributed by atoms with Crippen molar-refractivity contribution in [1.82, 2.24) is 0 Å². The zero-order valence-electron chi connectivity index (χ0n) is 16.5. The summed E-state index contributed by atoms with van der Waals surface area (Å²) >= 11 is 0. The summed E-state index contributed by atoms with van der Waals surface area (Å²) in [5.41, 5.74) is 0.780. The van der Waals surface area contributed by atoms with Crippen LogP contribution in [0.4, 0.5) is 0 Å². The van der Waals surface area contributed by atoms with Gasteiger partial charge in [-0.05, 0) is 43.3 Å². The number of rotatable bonds is 5. The normalized spacial score (nSPS) is 14.8. The largest absolute Gasteiger partial charge is 0.507 e. The van der Waals surface area contributed by atoms with Crippen LogP contribution in [0.3, 0.4) is 0 Å². The Labute approximate surface area is 168 Å². The second-order valence-corrected chi connectivity index (χ2v) is 7.07. The van der Waals surface area contributed by atoms with E-state index >= 15 is 0 Å². The van der Waals surface area contributed by atoms with Gasteiger partial charge >= 0.3 is 0 Å². The SMILES string of the molecule is COc1ccc(Oc2c(C)oc3c(C[NH+]4CCOCC4)c(O)ccc3c2=O)cc1. The summed E-state index contributed by atoms with van der Waals surface area (Å²) in [6.45, 7) is 5.31. The number of nitrogens with one attached hydrogen (secondary N) is 1. The Kier molecular flexibility index (Phi) is 5.42. The average Bonchev–Trinajstić information content (AvgIpc) is 2.74. The maximum atomic E-state index is 13.1. The third kappa shape index (κ3) is 3.92. The molecule has 1 aliphatic rings. The Bertz CT molecular complexity index is 1070. The maximum Gasteiger partial charge on any atom is 0.235 e. The van der Waals surface area contributed by atoms with Gasteiger partial charge in [0.1, 0.15) is 42.6 Å². The van der Waals surface area contributed by atoms with Gasteiger partial charge in [0.15, 0.2) is 5.58 Å². The van der Waals surface area contributed by atoms with E-state index < -0.39 is 0 Å². The van der Waals surface area contributed by atoms with Gasteiger partial charge in [-0.2, -0.15) is 0 Å². The first kappa shape index (κ1) is 19.3. The van der Waals surface area contributed by atoms with Crippen molar-refractivity contribution in [1.29, 1.82) is 0 Å². The average molecular weight is 398 g/mol. The first-order valence-electron chi connectivity index (χ1n) is 9.58. The number of benzene rings is 2. The molecule has 4 rings (SSSR count). The molecule has 1 aromatic heterocycles. The molecule has 1 saturated heterocycles. The summed E-state index contributed by atoms with van der Waals surface area (Å²) in [5.74, 6) is 1.84. The minimum atomic E-state index is -0.266. The van der Waals surface area contributed by atoms with Crippen LogP contribution in [0.25, 0.3) is 11.0 Å². The minimum Gasteiger partial charge on any atom is -0.507 e. The second kappa shape index (κ2) is 8.14. The van der Waals surface area contributed by atoms with E-state index in [9.17, 15) is 9.90 Å². The highest BCUT2D eigenvalue weighted by Crippen LogP contribution is 2.31. The van der Waals surface area contributed by atoms with E-state index in [1.807, 2.05) is 0 Å². The van der Waals surface area contributed by atoms with Gasteiger partial charge in [0, 0.05) is 0 Å². The van der Waals surface area contributed by atoms with Crippen LogP contribution in [-0.4, -0.2) is 38.5 Å². The lowest BCUT2D eigenvalue weighted by molar-refractivity contribution is -0.921. The molecule has 7 nitrogen and oxygen atoms in total. The van der Waals surface area contributed by atoms with Crippen molar-refractivity contribution in [3.05, 3.63) is 57.9 Å². The molecule has 0 atom stereocenters. The third-order valence-corrected chi connectivity index (χ3v) is 5.17. The molecule has 1 aliphatic heterocycles. The summed E-state index contributed by atoms with van der Waals surface area (Å²) in [6, 6.07) is 10.1. The van der Waals surface area contributed by atoms with E-state index in [0.29, 0.717) is 53.6 Å². The number of morpholine rings is 1. The molecule has 0 radical (unpaired) electrons. The topological polar surface area (TPSA) is 82.6 Å². The lowest BCUT2D eigenvalue weighted by Crippen LogP contribution is -3.12. The lowest BCUT2D eigenvalue weighted by Gasteiger charge is -2.24. The summed E-state index contributed by atoms with van der Waals surface area (Å²) in [7, 11) is 1.59. The van der Waals surface area contributed by atoms with Crippen molar-refractivity contribution in [3.63, 3.8) is 0 Å². The van der Waals surface area contributed by atoms with Crippen molar-refractivity contribution in [3.8, 4) is 23.0 Å². The highest BCUT2D eigenvalue weighted by molar-refractivity contribution is 5.83. The molecule has 2 aromatic carbocycles. The molecule has 2 N–H and O–H groups in total. The molecule has 7 heteroatoms. The summed E-state index contributed by atoms with van der Waals surface area (Å²) in [6.07, 6.45) is 0. The molecule has 1 fully saturated rings. The molecule has 29 heavy (non-hydrogen) atoms. The number of aryl methyl sites for hydroxylation is 1. The number of aromatic hydroxyl groups is 1. The van der Waals surface area contributed by atoms with E-state index in [1.165, 1.54) is 4.90 Å². The molecule has 0 unspecified atom stereocenters. The molecular weight excluding hydrogens is 374 g/mol. The Morgan fingerprint density at radius 2 is 1.76 bits per heavy atom. The standard InChI is InChI=1S/C22H23NO6/c1-14-21(29-16-5-3-15(26-2)4-6-16)20(25)17-7-8-19(24)18(22(17)28-14)13-23-9-11-27-12-10-23/h3-8,24H,9-13H2,1-2H3/p+1. The molecule has 3 aromatic rings. The van der Waals surface area contributed by atoms with Gasteiger partial charge in [0.05, 0.1) is 31.3 Å². The molecule has 0 saturated carbocycles. The highest BCUT2D eigenvalue weighted by atomic mass is 16.5. The van der Waals surface area contributed by atoms with Crippen molar-refractivity contribution >= 4 is 11.0 Å². The number of hydrogen-bond donors (Lipinski definition) is 2. The van der Waals surface area contributed by atoms with Crippen LogP contribution >= 0.6 is 0 Å². The number of methoxy groups -OCH3 is 1. The van der Waals surface area contributed by atoms with Gasteiger partial charge in [0.25, 0.3) is 0 Å². The number of ether oxygens (including phenoxy) is 3. The van der Waals surface area contributed by atoms with Crippen LogP contribution < -0.4 is 19.8 Å². The van der Waals surface area contributed by atoms with E-state index in [2.05, 4.69) is 0 Å². The maximum absolute atomic E-state index is 13.1. The zero-order valence-corrected chi connectivity index (χ0v) is 16.5. The zero-order chi connectivity index (χ0) is 20.4. The Hall–Kier alpha value is -3.03. The monoisotopic (exact) mass is 398 g/mol. The van der Waals surface area contributed by atoms with Crippen molar-refractivity contribution in [2.75, 3.05) is 33.4 Å². The van der Waals surface area contributed by atoms with E-state index in [0.717, 1.165) is 13.1 Å². The summed E-state index contributed by atoms with van der Waals surface area (Å²) in [4.78, 5) is 14.4. The van der Waals surface area contributed by atoms with Gasteiger partial charge in [-0.3, -0.25) is 4.79 Å². The Morgan fingerprint density at radius 1 is 1.07 bits per heavy atom. The van der Waals surface area contributed by atoms with Crippen LogP contribution in [0.5, 0.6) is 23.0 Å². The van der Waals surface area contributed by atoms with Crippen molar-refractivity contribution < 1.29 is 28.6 Å².